The van der Waals surface area contributed by atoms with Gasteiger partial charge in [-0.25, -0.2) is 0 Å². The SMILES string of the molecule is COc1ccc([C@@H](CC(=O)O)NC(=O)c2ccn(C)c(=O)c2)cc1. The van der Waals surface area contributed by atoms with E-state index in [0.717, 1.165) is 0 Å². The van der Waals surface area contributed by atoms with Gasteiger partial charge in [0.05, 0.1) is 19.6 Å². The quantitative estimate of drug-likeness (QED) is 0.833. The van der Waals surface area contributed by atoms with Crippen LogP contribution in [0.25, 0.3) is 0 Å². The lowest BCUT2D eigenvalue weighted by Crippen LogP contribution is -2.31. The van der Waals surface area contributed by atoms with Gasteiger partial charge >= 0.3 is 5.97 Å². The molecular weight excluding hydrogens is 312 g/mol. The second-order valence-corrected chi connectivity index (χ2v) is 5.26. The van der Waals surface area contributed by atoms with Crippen molar-refractivity contribution in [2.24, 2.45) is 7.05 Å². The number of benzene rings is 1. The Morgan fingerprint density at radius 1 is 1.25 bits per heavy atom. The molecule has 126 valence electrons. The number of methoxy groups -OCH3 is 1. The molecule has 0 aliphatic rings. The van der Waals surface area contributed by atoms with Crippen LogP contribution in [0, 0.1) is 0 Å². The van der Waals surface area contributed by atoms with Gasteiger partial charge in [-0.1, -0.05) is 12.1 Å². The lowest BCUT2D eigenvalue weighted by Gasteiger charge is -2.18. The number of pyridine rings is 1. The minimum Gasteiger partial charge on any atom is -0.497 e. The molecule has 7 heteroatoms. The summed E-state index contributed by atoms with van der Waals surface area (Å²) in [6.45, 7) is 0. The first kappa shape index (κ1) is 17.3. The Morgan fingerprint density at radius 2 is 1.92 bits per heavy atom. The standard InChI is InChI=1S/C17H18N2O5/c1-19-8-7-12(9-15(19)20)17(23)18-14(10-16(21)22)11-3-5-13(24-2)6-4-11/h3-9,14H,10H2,1-2H3,(H,18,23)(H,21,22)/t14-/m1/s1. The topological polar surface area (TPSA) is 97.6 Å². The Labute approximate surface area is 138 Å². The van der Waals surface area contributed by atoms with Crippen molar-refractivity contribution in [2.75, 3.05) is 7.11 Å². The smallest absolute Gasteiger partial charge is 0.305 e. The van der Waals surface area contributed by atoms with E-state index in [-0.39, 0.29) is 17.5 Å². The molecule has 0 aliphatic carbocycles. The van der Waals surface area contributed by atoms with Gasteiger partial charge in [-0.05, 0) is 23.8 Å². The molecule has 2 N–H and O–H groups in total. The third-order valence-corrected chi connectivity index (χ3v) is 3.57. The van der Waals surface area contributed by atoms with Crippen LogP contribution < -0.4 is 15.6 Å². The molecule has 7 nitrogen and oxygen atoms in total. The maximum absolute atomic E-state index is 12.3. The molecule has 2 rings (SSSR count). The van der Waals surface area contributed by atoms with Gasteiger partial charge in [0.15, 0.2) is 0 Å². The number of amides is 1. The molecule has 0 spiro atoms. The fourth-order valence-corrected chi connectivity index (χ4v) is 2.19. The third kappa shape index (κ3) is 4.22. The molecule has 24 heavy (non-hydrogen) atoms. The van der Waals surface area contributed by atoms with Crippen LogP contribution in [0.1, 0.15) is 28.4 Å². The van der Waals surface area contributed by atoms with Gasteiger partial charge in [-0.3, -0.25) is 14.4 Å². The summed E-state index contributed by atoms with van der Waals surface area (Å²) in [5.41, 5.74) is 0.499. The summed E-state index contributed by atoms with van der Waals surface area (Å²) < 4.78 is 6.41. The number of aliphatic carboxylic acids is 1. The van der Waals surface area contributed by atoms with Crippen LogP contribution in [-0.4, -0.2) is 28.7 Å². The van der Waals surface area contributed by atoms with E-state index in [4.69, 9.17) is 9.84 Å². The Hall–Kier alpha value is -3.09. The highest BCUT2D eigenvalue weighted by Gasteiger charge is 2.19. The molecule has 0 fully saturated rings. The van der Waals surface area contributed by atoms with Crippen LogP contribution in [0.15, 0.2) is 47.4 Å². The first-order chi connectivity index (χ1) is 11.4. The van der Waals surface area contributed by atoms with Crippen LogP contribution in [0.2, 0.25) is 0 Å². The third-order valence-electron chi connectivity index (χ3n) is 3.57. The first-order valence-corrected chi connectivity index (χ1v) is 7.24. The number of carbonyl (C=O) groups excluding carboxylic acids is 1. The molecular formula is C17H18N2O5. The number of aromatic nitrogens is 1. The van der Waals surface area contributed by atoms with Crippen molar-refractivity contribution in [3.05, 3.63) is 64.1 Å². The maximum Gasteiger partial charge on any atom is 0.305 e. The summed E-state index contributed by atoms with van der Waals surface area (Å²) >= 11 is 0. The number of hydrogen-bond acceptors (Lipinski definition) is 4. The molecule has 0 aliphatic heterocycles. The van der Waals surface area contributed by atoms with Crippen molar-refractivity contribution in [3.8, 4) is 5.75 Å². The lowest BCUT2D eigenvalue weighted by atomic mass is 10.0. The monoisotopic (exact) mass is 330 g/mol. The second-order valence-electron chi connectivity index (χ2n) is 5.26. The fraction of sp³-hybridized carbons (Fsp3) is 0.235. The van der Waals surface area contributed by atoms with Crippen molar-refractivity contribution in [1.82, 2.24) is 9.88 Å². The van der Waals surface area contributed by atoms with Crippen LogP contribution in [0.3, 0.4) is 0 Å². The number of hydrogen-bond donors (Lipinski definition) is 2. The average molecular weight is 330 g/mol. The highest BCUT2D eigenvalue weighted by Crippen LogP contribution is 2.21. The molecule has 1 aromatic heterocycles. The summed E-state index contributed by atoms with van der Waals surface area (Å²) in [6.07, 6.45) is 1.21. The number of nitrogens with one attached hydrogen (secondary N) is 1. The van der Waals surface area contributed by atoms with Crippen molar-refractivity contribution in [2.45, 2.75) is 12.5 Å². The van der Waals surface area contributed by atoms with Crippen LogP contribution >= 0.6 is 0 Å². The first-order valence-electron chi connectivity index (χ1n) is 7.24. The molecule has 1 atom stereocenters. The van der Waals surface area contributed by atoms with Crippen LogP contribution in [0.5, 0.6) is 5.75 Å². The van der Waals surface area contributed by atoms with E-state index >= 15 is 0 Å². The molecule has 0 saturated carbocycles. The average Bonchev–Trinajstić information content (AvgIpc) is 2.56. The largest absolute Gasteiger partial charge is 0.497 e. The Kier molecular flexibility index (Phi) is 5.36. The number of nitrogens with zero attached hydrogens (tertiary/aromatic N) is 1. The summed E-state index contributed by atoms with van der Waals surface area (Å²) in [5.74, 6) is -0.916. The van der Waals surface area contributed by atoms with Crippen LogP contribution in [0.4, 0.5) is 0 Å². The molecule has 1 amide bonds. The molecule has 1 heterocycles. The summed E-state index contributed by atoms with van der Waals surface area (Å²) in [5, 5.41) is 11.7. The predicted octanol–water partition coefficient (Wildman–Crippen LogP) is 1.34. The summed E-state index contributed by atoms with van der Waals surface area (Å²) in [7, 11) is 3.11. The second kappa shape index (κ2) is 7.45. The van der Waals surface area contributed by atoms with E-state index in [1.165, 1.54) is 30.0 Å². The zero-order valence-electron chi connectivity index (χ0n) is 13.4. The van der Waals surface area contributed by atoms with E-state index in [0.29, 0.717) is 11.3 Å². The Balaban J connectivity index is 2.23. The molecule has 0 saturated heterocycles. The summed E-state index contributed by atoms with van der Waals surface area (Å²) in [6, 6.07) is 8.76. The Morgan fingerprint density at radius 3 is 2.46 bits per heavy atom. The van der Waals surface area contributed by atoms with Crippen LogP contribution in [-0.2, 0) is 11.8 Å². The normalized spacial score (nSPS) is 11.6. The predicted molar refractivity (Wildman–Crippen MR) is 87.1 cm³/mol. The van der Waals surface area contributed by atoms with Gasteiger partial charge in [0.25, 0.3) is 11.5 Å². The number of aryl methyl sites for hydroxylation is 1. The van der Waals surface area contributed by atoms with Gasteiger partial charge in [-0.2, -0.15) is 0 Å². The van der Waals surface area contributed by atoms with E-state index < -0.39 is 17.9 Å². The van der Waals surface area contributed by atoms with Crippen molar-refractivity contribution in [3.63, 3.8) is 0 Å². The molecule has 0 radical (unpaired) electrons. The van der Waals surface area contributed by atoms with Gasteiger partial charge in [0.2, 0.25) is 0 Å². The maximum atomic E-state index is 12.3. The number of rotatable bonds is 6. The van der Waals surface area contributed by atoms with Crippen molar-refractivity contribution in [1.29, 1.82) is 0 Å². The molecule has 2 aromatic rings. The lowest BCUT2D eigenvalue weighted by molar-refractivity contribution is -0.137. The van der Waals surface area contributed by atoms with E-state index in [9.17, 15) is 14.4 Å². The van der Waals surface area contributed by atoms with E-state index in [2.05, 4.69) is 5.32 Å². The zero-order valence-corrected chi connectivity index (χ0v) is 13.4. The minimum atomic E-state index is -1.04. The number of carboxylic acid groups (broad SMARTS) is 1. The van der Waals surface area contributed by atoms with Gasteiger partial charge < -0.3 is 19.7 Å². The van der Waals surface area contributed by atoms with E-state index in [1.54, 1.807) is 31.3 Å². The minimum absolute atomic E-state index is 0.182. The fourth-order valence-electron chi connectivity index (χ4n) is 2.19. The highest BCUT2D eigenvalue weighted by molar-refractivity contribution is 5.94. The van der Waals surface area contributed by atoms with E-state index in [1.807, 2.05) is 0 Å². The molecule has 0 unspecified atom stereocenters. The van der Waals surface area contributed by atoms with Gasteiger partial charge in [0, 0.05) is 24.9 Å². The Bertz CT molecular complexity index is 795. The van der Waals surface area contributed by atoms with Gasteiger partial charge in [-0.15, -0.1) is 0 Å². The zero-order chi connectivity index (χ0) is 17.7. The summed E-state index contributed by atoms with van der Waals surface area (Å²) in [4.78, 5) is 35.0. The van der Waals surface area contributed by atoms with Gasteiger partial charge in [0.1, 0.15) is 5.75 Å². The number of ether oxygens (including phenoxy) is 1. The molecule has 0 bridgehead atoms. The van der Waals surface area contributed by atoms with Crippen molar-refractivity contribution < 1.29 is 19.4 Å². The molecule has 1 aromatic carbocycles. The van der Waals surface area contributed by atoms with Crippen molar-refractivity contribution >= 4 is 11.9 Å². The number of carbonyl (C=O) groups is 2. The number of carboxylic acids is 1. The highest BCUT2D eigenvalue weighted by atomic mass is 16.5.